The second kappa shape index (κ2) is 10.5. The van der Waals surface area contributed by atoms with Gasteiger partial charge in [0, 0.05) is 13.6 Å². The Balaban J connectivity index is 1.39. The fraction of sp³-hybridized carbons (Fsp3) is 0.346. The number of likely N-dealkylation sites (tertiary alicyclic amines) is 1. The SMILES string of the molecule is Cc1c(NC(=O)C(C)SCC(=O)N2CCCC2c2ccc(F)cc2)c(=O)n(-c2ccccc2)n1C. The van der Waals surface area contributed by atoms with E-state index in [2.05, 4.69) is 5.32 Å². The molecule has 0 aliphatic carbocycles. The Hall–Kier alpha value is -3.33. The number of thioether (sulfide) groups is 1. The van der Waals surface area contributed by atoms with Gasteiger partial charge in [0.1, 0.15) is 11.5 Å². The molecule has 3 aromatic rings. The lowest BCUT2D eigenvalue weighted by atomic mass is 10.0. The highest BCUT2D eigenvalue weighted by Crippen LogP contribution is 2.32. The highest BCUT2D eigenvalue weighted by atomic mass is 32.2. The number of nitrogens with one attached hydrogen (secondary N) is 1. The number of benzene rings is 2. The topological polar surface area (TPSA) is 76.3 Å². The number of anilines is 1. The van der Waals surface area contributed by atoms with Crippen LogP contribution in [0.25, 0.3) is 5.69 Å². The van der Waals surface area contributed by atoms with Crippen LogP contribution >= 0.6 is 11.8 Å². The molecule has 2 heterocycles. The second-order valence-corrected chi connectivity index (χ2v) is 10.0. The Bertz CT molecular complexity index is 1270. The molecule has 7 nitrogen and oxygen atoms in total. The van der Waals surface area contributed by atoms with Gasteiger partial charge in [-0.15, -0.1) is 11.8 Å². The monoisotopic (exact) mass is 496 g/mol. The summed E-state index contributed by atoms with van der Waals surface area (Å²) in [4.78, 5) is 40.7. The van der Waals surface area contributed by atoms with Gasteiger partial charge in [-0.1, -0.05) is 30.3 Å². The minimum Gasteiger partial charge on any atom is -0.335 e. The summed E-state index contributed by atoms with van der Waals surface area (Å²) >= 11 is 1.24. The number of aromatic nitrogens is 2. The van der Waals surface area contributed by atoms with Crippen molar-refractivity contribution >= 4 is 29.3 Å². The van der Waals surface area contributed by atoms with Crippen molar-refractivity contribution in [2.45, 2.75) is 38.0 Å². The van der Waals surface area contributed by atoms with Crippen LogP contribution in [0.1, 0.15) is 37.1 Å². The number of carbonyl (C=O) groups is 2. The zero-order valence-electron chi connectivity index (χ0n) is 20.0. The third-order valence-electron chi connectivity index (χ3n) is 6.46. The Morgan fingerprint density at radius 2 is 1.83 bits per heavy atom. The molecule has 0 spiro atoms. The van der Waals surface area contributed by atoms with E-state index < -0.39 is 5.25 Å². The number of amides is 2. The molecular weight excluding hydrogens is 467 g/mol. The molecule has 1 aliphatic rings. The van der Waals surface area contributed by atoms with Crippen LogP contribution in [0.5, 0.6) is 0 Å². The number of nitrogens with zero attached hydrogens (tertiary/aromatic N) is 3. The van der Waals surface area contributed by atoms with Crippen LogP contribution in [0, 0.1) is 12.7 Å². The van der Waals surface area contributed by atoms with Gasteiger partial charge in [-0.3, -0.25) is 19.1 Å². The van der Waals surface area contributed by atoms with Crippen molar-refractivity contribution in [3.05, 3.63) is 82.0 Å². The van der Waals surface area contributed by atoms with Crippen LogP contribution in [0.2, 0.25) is 0 Å². The molecule has 1 fully saturated rings. The molecule has 4 rings (SSSR count). The molecule has 0 saturated carbocycles. The van der Waals surface area contributed by atoms with Gasteiger partial charge in [-0.2, -0.15) is 0 Å². The number of carbonyl (C=O) groups excluding carboxylic acids is 2. The van der Waals surface area contributed by atoms with Gasteiger partial charge in [-0.25, -0.2) is 9.07 Å². The minimum atomic E-state index is -0.532. The predicted molar refractivity (Wildman–Crippen MR) is 136 cm³/mol. The molecule has 9 heteroatoms. The van der Waals surface area contributed by atoms with Crippen molar-refractivity contribution in [3.8, 4) is 5.69 Å². The molecule has 1 saturated heterocycles. The van der Waals surface area contributed by atoms with Crippen LogP contribution in [0.4, 0.5) is 10.1 Å². The van der Waals surface area contributed by atoms with E-state index in [9.17, 15) is 18.8 Å². The minimum absolute atomic E-state index is 0.0520. The predicted octanol–water partition coefficient (Wildman–Crippen LogP) is 4.05. The molecule has 0 radical (unpaired) electrons. The number of hydrogen-bond acceptors (Lipinski definition) is 4. The zero-order chi connectivity index (χ0) is 25.1. The van der Waals surface area contributed by atoms with E-state index in [1.54, 1.807) is 37.7 Å². The first-order valence-corrected chi connectivity index (χ1v) is 12.6. The van der Waals surface area contributed by atoms with Crippen molar-refractivity contribution in [2.75, 3.05) is 17.6 Å². The maximum absolute atomic E-state index is 13.3. The summed E-state index contributed by atoms with van der Waals surface area (Å²) in [5.74, 6) is -0.535. The van der Waals surface area contributed by atoms with Gasteiger partial charge in [0.15, 0.2) is 0 Å². The first kappa shape index (κ1) is 24.8. The third-order valence-corrected chi connectivity index (χ3v) is 7.58. The van der Waals surface area contributed by atoms with E-state index >= 15 is 0 Å². The van der Waals surface area contributed by atoms with Crippen LogP contribution in [-0.4, -0.2) is 43.6 Å². The van der Waals surface area contributed by atoms with Crippen molar-refractivity contribution in [3.63, 3.8) is 0 Å². The summed E-state index contributed by atoms with van der Waals surface area (Å²) in [5.41, 5.74) is 2.19. The summed E-state index contributed by atoms with van der Waals surface area (Å²) in [5, 5.41) is 2.24. The molecule has 0 bridgehead atoms. The quantitative estimate of drug-likeness (QED) is 0.536. The summed E-state index contributed by atoms with van der Waals surface area (Å²) in [6.45, 7) is 4.15. The molecule has 2 atom stereocenters. The van der Waals surface area contributed by atoms with Crippen molar-refractivity contribution in [1.82, 2.24) is 14.3 Å². The van der Waals surface area contributed by atoms with Gasteiger partial charge >= 0.3 is 0 Å². The van der Waals surface area contributed by atoms with E-state index in [-0.39, 0.29) is 40.7 Å². The van der Waals surface area contributed by atoms with E-state index in [4.69, 9.17) is 0 Å². The van der Waals surface area contributed by atoms with E-state index in [1.807, 2.05) is 35.2 Å². The number of halogens is 1. The maximum atomic E-state index is 13.3. The Morgan fingerprint density at radius 1 is 1.14 bits per heavy atom. The van der Waals surface area contributed by atoms with E-state index in [0.717, 1.165) is 18.4 Å². The number of para-hydroxylation sites is 1. The summed E-state index contributed by atoms with van der Waals surface area (Å²) < 4.78 is 16.5. The van der Waals surface area contributed by atoms with Gasteiger partial charge in [-0.05, 0) is 56.5 Å². The lowest BCUT2D eigenvalue weighted by Crippen LogP contribution is -2.33. The Morgan fingerprint density at radius 3 is 2.51 bits per heavy atom. The molecule has 1 N–H and O–H groups in total. The molecular formula is C26H29FN4O3S. The molecule has 2 aromatic carbocycles. The molecule has 1 aromatic heterocycles. The maximum Gasteiger partial charge on any atom is 0.295 e. The lowest BCUT2D eigenvalue weighted by molar-refractivity contribution is -0.129. The van der Waals surface area contributed by atoms with Crippen molar-refractivity contribution in [1.29, 1.82) is 0 Å². The standard InChI is InChI=1S/C26H29FN4O3S/c1-17-24(26(34)31(29(17)3)21-8-5-4-6-9-21)28-25(33)18(2)35-16-23(32)30-15-7-10-22(30)19-11-13-20(27)14-12-19/h4-6,8-9,11-14,18,22H,7,10,15-16H2,1-3H3,(H,28,33). The second-order valence-electron chi connectivity index (χ2n) is 8.68. The highest BCUT2D eigenvalue weighted by molar-refractivity contribution is 8.01. The molecule has 2 unspecified atom stereocenters. The van der Waals surface area contributed by atoms with Crippen molar-refractivity contribution < 1.29 is 14.0 Å². The first-order valence-electron chi connectivity index (χ1n) is 11.6. The Labute approximate surface area is 207 Å². The fourth-order valence-corrected chi connectivity index (χ4v) is 5.16. The fourth-order valence-electron chi connectivity index (χ4n) is 4.39. The zero-order valence-corrected chi connectivity index (χ0v) is 20.8. The van der Waals surface area contributed by atoms with Crippen LogP contribution in [0.3, 0.4) is 0 Å². The lowest BCUT2D eigenvalue weighted by Gasteiger charge is -2.25. The Kier molecular flexibility index (Phi) is 7.45. The van der Waals surface area contributed by atoms with E-state index in [0.29, 0.717) is 17.9 Å². The van der Waals surface area contributed by atoms with Crippen LogP contribution in [-0.2, 0) is 16.6 Å². The summed E-state index contributed by atoms with van der Waals surface area (Å²) in [7, 11) is 1.77. The first-order chi connectivity index (χ1) is 16.8. The summed E-state index contributed by atoms with van der Waals surface area (Å²) in [6.07, 6.45) is 1.72. The van der Waals surface area contributed by atoms with Gasteiger partial charge < -0.3 is 10.2 Å². The van der Waals surface area contributed by atoms with Gasteiger partial charge in [0.05, 0.1) is 28.4 Å². The highest BCUT2D eigenvalue weighted by Gasteiger charge is 2.30. The average molecular weight is 497 g/mol. The molecule has 35 heavy (non-hydrogen) atoms. The third kappa shape index (κ3) is 5.19. The van der Waals surface area contributed by atoms with Gasteiger partial charge in [0.2, 0.25) is 11.8 Å². The van der Waals surface area contributed by atoms with Gasteiger partial charge in [0.25, 0.3) is 5.56 Å². The van der Waals surface area contributed by atoms with Crippen LogP contribution < -0.4 is 10.9 Å². The molecule has 1 aliphatic heterocycles. The number of rotatable bonds is 7. The number of hydrogen-bond donors (Lipinski definition) is 1. The van der Waals surface area contributed by atoms with Crippen molar-refractivity contribution in [2.24, 2.45) is 7.05 Å². The molecule has 2 amide bonds. The smallest absolute Gasteiger partial charge is 0.295 e. The van der Waals surface area contributed by atoms with E-state index in [1.165, 1.54) is 28.6 Å². The largest absolute Gasteiger partial charge is 0.335 e. The average Bonchev–Trinajstić information content (AvgIpc) is 3.43. The normalized spacial score (nSPS) is 16.3. The summed E-state index contributed by atoms with van der Waals surface area (Å²) in [6, 6.07) is 15.4. The molecule has 184 valence electrons. The van der Waals surface area contributed by atoms with Crippen LogP contribution in [0.15, 0.2) is 59.4 Å².